The molecule has 6 heteroatoms. The van der Waals surface area contributed by atoms with Crippen LogP contribution in [0, 0.1) is 12.7 Å². The molecular weight excluding hydrogens is 335 g/mol. The van der Waals surface area contributed by atoms with Gasteiger partial charge in [-0.05, 0) is 60.6 Å². The van der Waals surface area contributed by atoms with Crippen LogP contribution in [0.2, 0.25) is 5.02 Å². The van der Waals surface area contributed by atoms with Crippen molar-refractivity contribution in [3.05, 3.63) is 70.5 Å². The lowest BCUT2D eigenvalue weighted by Crippen LogP contribution is -2.33. The Hall–Kier alpha value is -2.24. The summed E-state index contributed by atoms with van der Waals surface area (Å²) in [6, 6.07) is 11.1. The topological polar surface area (TPSA) is 41.1 Å². The monoisotopic (exact) mass is 348 g/mol. The lowest BCUT2D eigenvalue weighted by atomic mass is 10.2. The zero-order valence-corrected chi connectivity index (χ0v) is 13.8. The molecule has 0 unspecified atom stereocenters. The van der Waals surface area contributed by atoms with Crippen molar-refractivity contribution in [1.29, 1.82) is 0 Å². The Kier molecular flexibility index (Phi) is 5.84. The SMILES string of the molecule is Cc1ccc(Cl)cc1NC(=S)NC(=O)C=Cc1ccc(F)cc1. The van der Waals surface area contributed by atoms with Gasteiger partial charge in [-0.1, -0.05) is 29.8 Å². The molecule has 2 rings (SSSR count). The molecule has 0 fully saturated rings. The van der Waals surface area contributed by atoms with Gasteiger partial charge in [0.25, 0.3) is 0 Å². The minimum atomic E-state index is -0.383. The molecule has 0 saturated carbocycles. The zero-order valence-electron chi connectivity index (χ0n) is 12.3. The van der Waals surface area contributed by atoms with Crippen LogP contribution in [0.4, 0.5) is 10.1 Å². The second-order valence-corrected chi connectivity index (χ2v) is 5.63. The molecule has 1 amide bonds. The number of hydrogen-bond donors (Lipinski definition) is 2. The van der Waals surface area contributed by atoms with Crippen LogP contribution in [0.1, 0.15) is 11.1 Å². The number of carbonyl (C=O) groups excluding carboxylic acids is 1. The number of rotatable bonds is 3. The van der Waals surface area contributed by atoms with Crippen LogP contribution in [0.15, 0.2) is 48.5 Å². The summed E-state index contributed by atoms with van der Waals surface area (Å²) in [7, 11) is 0. The Balaban J connectivity index is 1.93. The molecule has 0 aliphatic rings. The van der Waals surface area contributed by atoms with Gasteiger partial charge in [-0.15, -0.1) is 0 Å². The molecular formula is C17H14ClFN2OS. The highest BCUT2D eigenvalue weighted by Gasteiger charge is 2.04. The van der Waals surface area contributed by atoms with E-state index in [0.717, 1.165) is 11.3 Å². The Bertz CT molecular complexity index is 760. The highest BCUT2D eigenvalue weighted by Crippen LogP contribution is 2.19. The molecule has 0 spiro atoms. The number of aryl methyl sites for hydroxylation is 1. The van der Waals surface area contributed by atoms with Gasteiger partial charge in [0, 0.05) is 16.8 Å². The van der Waals surface area contributed by atoms with Crippen molar-refractivity contribution in [1.82, 2.24) is 5.32 Å². The zero-order chi connectivity index (χ0) is 16.8. The molecule has 0 aliphatic heterocycles. The Morgan fingerprint density at radius 1 is 1.22 bits per heavy atom. The average molecular weight is 349 g/mol. The molecule has 0 aliphatic carbocycles. The molecule has 118 valence electrons. The molecule has 0 saturated heterocycles. The predicted octanol–water partition coefficient (Wildman–Crippen LogP) is 4.31. The minimum Gasteiger partial charge on any atom is -0.332 e. The normalized spacial score (nSPS) is 10.6. The first-order chi connectivity index (χ1) is 10.9. The van der Waals surface area contributed by atoms with E-state index in [-0.39, 0.29) is 16.8 Å². The van der Waals surface area contributed by atoms with Gasteiger partial charge in [-0.2, -0.15) is 0 Å². The molecule has 23 heavy (non-hydrogen) atoms. The van der Waals surface area contributed by atoms with Gasteiger partial charge in [-0.3, -0.25) is 10.1 Å². The van der Waals surface area contributed by atoms with E-state index in [9.17, 15) is 9.18 Å². The number of hydrogen-bond acceptors (Lipinski definition) is 2. The first-order valence-corrected chi connectivity index (χ1v) is 7.54. The molecule has 2 N–H and O–H groups in total. The van der Waals surface area contributed by atoms with E-state index in [1.165, 1.54) is 18.2 Å². The van der Waals surface area contributed by atoms with Crippen LogP contribution in [0.3, 0.4) is 0 Å². The van der Waals surface area contributed by atoms with Gasteiger partial charge in [0.2, 0.25) is 5.91 Å². The standard InChI is InChI=1S/C17H14ClFN2OS/c1-11-2-6-13(18)10-15(11)20-17(23)21-16(22)9-5-12-3-7-14(19)8-4-12/h2-10H,1H3,(H2,20,21,22,23). The third kappa shape index (κ3) is 5.47. The van der Waals surface area contributed by atoms with E-state index in [1.54, 1.807) is 30.3 Å². The fourth-order valence-electron chi connectivity index (χ4n) is 1.78. The quantitative estimate of drug-likeness (QED) is 0.641. The first kappa shape index (κ1) is 17.1. The van der Waals surface area contributed by atoms with E-state index >= 15 is 0 Å². The minimum absolute atomic E-state index is 0.170. The van der Waals surface area contributed by atoms with Gasteiger partial charge in [0.1, 0.15) is 5.82 Å². The molecule has 0 bridgehead atoms. The molecule has 0 heterocycles. The van der Waals surface area contributed by atoms with E-state index in [1.807, 2.05) is 13.0 Å². The maximum absolute atomic E-state index is 12.8. The fraction of sp³-hybridized carbons (Fsp3) is 0.0588. The Morgan fingerprint density at radius 2 is 1.91 bits per heavy atom. The van der Waals surface area contributed by atoms with Crippen LogP contribution >= 0.6 is 23.8 Å². The van der Waals surface area contributed by atoms with Crippen molar-refractivity contribution in [2.75, 3.05) is 5.32 Å². The maximum atomic E-state index is 12.8. The summed E-state index contributed by atoms with van der Waals surface area (Å²) in [6.45, 7) is 1.90. The smallest absolute Gasteiger partial charge is 0.250 e. The van der Waals surface area contributed by atoms with Crippen LogP contribution in [0.25, 0.3) is 6.08 Å². The summed E-state index contributed by atoms with van der Waals surface area (Å²) in [6.07, 6.45) is 2.90. The summed E-state index contributed by atoms with van der Waals surface area (Å²) in [5.41, 5.74) is 2.39. The van der Waals surface area contributed by atoms with E-state index in [2.05, 4.69) is 10.6 Å². The van der Waals surface area contributed by atoms with Crippen molar-refractivity contribution >= 4 is 46.6 Å². The van der Waals surface area contributed by atoms with E-state index in [0.29, 0.717) is 10.6 Å². The van der Waals surface area contributed by atoms with Crippen molar-refractivity contribution < 1.29 is 9.18 Å². The van der Waals surface area contributed by atoms with Crippen LogP contribution in [-0.4, -0.2) is 11.0 Å². The number of carbonyl (C=O) groups is 1. The molecule has 3 nitrogen and oxygen atoms in total. The highest BCUT2D eigenvalue weighted by molar-refractivity contribution is 7.80. The second kappa shape index (κ2) is 7.85. The third-order valence-corrected chi connectivity index (χ3v) is 3.42. The van der Waals surface area contributed by atoms with Crippen LogP contribution < -0.4 is 10.6 Å². The maximum Gasteiger partial charge on any atom is 0.250 e. The third-order valence-electron chi connectivity index (χ3n) is 2.98. The predicted molar refractivity (Wildman–Crippen MR) is 96.0 cm³/mol. The number of thiocarbonyl (C=S) groups is 1. The van der Waals surface area contributed by atoms with Gasteiger partial charge >= 0.3 is 0 Å². The van der Waals surface area contributed by atoms with Crippen LogP contribution in [0.5, 0.6) is 0 Å². The first-order valence-electron chi connectivity index (χ1n) is 6.76. The van der Waals surface area contributed by atoms with Gasteiger partial charge in [0.05, 0.1) is 0 Å². The second-order valence-electron chi connectivity index (χ2n) is 4.79. The number of halogens is 2. The van der Waals surface area contributed by atoms with E-state index < -0.39 is 0 Å². The van der Waals surface area contributed by atoms with Gasteiger partial charge < -0.3 is 5.32 Å². The fourth-order valence-corrected chi connectivity index (χ4v) is 2.16. The number of amides is 1. The Labute approximate surface area is 144 Å². The largest absolute Gasteiger partial charge is 0.332 e. The molecule has 0 radical (unpaired) electrons. The summed E-state index contributed by atoms with van der Waals surface area (Å²) in [5.74, 6) is -0.708. The number of benzene rings is 2. The molecule has 2 aromatic rings. The van der Waals surface area contributed by atoms with Crippen molar-refractivity contribution in [2.45, 2.75) is 6.92 Å². The Morgan fingerprint density at radius 3 is 2.61 bits per heavy atom. The molecule has 0 atom stereocenters. The summed E-state index contributed by atoms with van der Waals surface area (Å²) < 4.78 is 12.8. The lowest BCUT2D eigenvalue weighted by molar-refractivity contribution is -0.115. The van der Waals surface area contributed by atoms with Crippen molar-refractivity contribution in [2.24, 2.45) is 0 Å². The van der Waals surface area contributed by atoms with Gasteiger partial charge in [0.15, 0.2) is 5.11 Å². The van der Waals surface area contributed by atoms with Crippen molar-refractivity contribution in [3.63, 3.8) is 0 Å². The van der Waals surface area contributed by atoms with Crippen molar-refractivity contribution in [3.8, 4) is 0 Å². The lowest BCUT2D eigenvalue weighted by Gasteiger charge is -2.11. The summed E-state index contributed by atoms with van der Waals surface area (Å²) in [4.78, 5) is 11.8. The number of nitrogens with one attached hydrogen (secondary N) is 2. The molecule has 2 aromatic carbocycles. The van der Waals surface area contributed by atoms with E-state index in [4.69, 9.17) is 23.8 Å². The number of anilines is 1. The summed E-state index contributed by atoms with van der Waals surface area (Å²) in [5, 5.41) is 6.20. The highest BCUT2D eigenvalue weighted by atomic mass is 35.5. The van der Waals surface area contributed by atoms with Crippen LogP contribution in [-0.2, 0) is 4.79 Å². The van der Waals surface area contributed by atoms with Gasteiger partial charge in [-0.25, -0.2) is 4.39 Å². The summed E-state index contributed by atoms with van der Waals surface area (Å²) >= 11 is 11.0. The average Bonchev–Trinajstić information content (AvgIpc) is 2.50. The molecule has 0 aromatic heterocycles.